The number of carbonyl (C=O) groups is 1. The summed E-state index contributed by atoms with van der Waals surface area (Å²) in [5.41, 5.74) is -0.698. The zero-order chi connectivity index (χ0) is 12.3. The molecule has 1 saturated heterocycles. The minimum atomic E-state index is -0.768. The van der Waals surface area contributed by atoms with Crippen molar-refractivity contribution in [3.05, 3.63) is 20.8 Å². The second-order valence-electron chi connectivity index (χ2n) is 4.21. The Morgan fingerprint density at radius 2 is 2.35 bits per heavy atom. The van der Waals surface area contributed by atoms with Crippen molar-refractivity contribution in [2.45, 2.75) is 6.42 Å². The van der Waals surface area contributed by atoms with E-state index in [9.17, 15) is 4.79 Å². The third-order valence-corrected chi connectivity index (χ3v) is 4.53. The molecule has 1 aliphatic rings. The van der Waals surface area contributed by atoms with Crippen LogP contribution in [-0.2, 0) is 16.0 Å². The van der Waals surface area contributed by atoms with Crippen LogP contribution >= 0.6 is 27.3 Å². The number of thiophene rings is 1. The van der Waals surface area contributed by atoms with Gasteiger partial charge in [-0.2, -0.15) is 0 Å². The molecule has 0 saturated carbocycles. The number of rotatable bonds is 6. The molecule has 4 nitrogen and oxygen atoms in total. The molecule has 0 bridgehead atoms. The van der Waals surface area contributed by atoms with E-state index in [1.807, 2.05) is 6.07 Å². The Balaban J connectivity index is 1.71. The van der Waals surface area contributed by atoms with E-state index in [0.717, 1.165) is 16.8 Å². The molecule has 94 valence electrons. The van der Waals surface area contributed by atoms with Crippen LogP contribution in [0.25, 0.3) is 0 Å². The zero-order valence-corrected chi connectivity index (χ0v) is 11.6. The zero-order valence-electron chi connectivity index (χ0n) is 9.24. The van der Waals surface area contributed by atoms with Gasteiger partial charge in [-0.3, -0.25) is 4.79 Å². The van der Waals surface area contributed by atoms with Crippen molar-refractivity contribution < 1.29 is 14.6 Å². The normalized spacial score (nSPS) is 17.7. The van der Waals surface area contributed by atoms with E-state index >= 15 is 0 Å². The van der Waals surface area contributed by atoms with E-state index in [1.165, 1.54) is 4.88 Å². The number of aliphatic carboxylic acids is 1. The van der Waals surface area contributed by atoms with Crippen molar-refractivity contribution in [2.24, 2.45) is 5.41 Å². The molecule has 1 aromatic heterocycles. The summed E-state index contributed by atoms with van der Waals surface area (Å²) in [6, 6.07) is 4.11. The molecule has 0 aromatic carbocycles. The third kappa shape index (κ3) is 3.07. The second kappa shape index (κ2) is 5.48. The van der Waals surface area contributed by atoms with Crippen LogP contribution in [0.5, 0.6) is 0 Å². The minimum Gasteiger partial charge on any atom is -0.481 e. The first-order chi connectivity index (χ1) is 8.12. The molecular formula is C11H14BrNO3S. The number of halogens is 1. The molecule has 0 radical (unpaired) electrons. The monoisotopic (exact) mass is 319 g/mol. The van der Waals surface area contributed by atoms with E-state index in [0.29, 0.717) is 19.8 Å². The highest BCUT2D eigenvalue weighted by Gasteiger charge is 2.45. The standard InChI is InChI=1S/C11H14BrNO3S/c12-9-2-1-8(17-9)3-4-13-5-11(10(14)15)6-16-7-11/h1-2,13H,3-7H2,(H,14,15). The Kier molecular flexibility index (Phi) is 4.19. The van der Waals surface area contributed by atoms with Gasteiger partial charge in [-0.25, -0.2) is 0 Å². The Morgan fingerprint density at radius 3 is 2.82 bits per heavy atom. The van der Waals surface area contributed by atoms with Crippen LogP contribution in [0.1, 0.15) is 4.88 Å². The average Bonchev–Trinajstić information content (AvgIpc) is 2.61. The molecule has 1 aromatic rings. The van der Waals surface area contributed by atoms with Crippen LogP contribution in [0.3, 0.4) is 0 Å². The van der Waals surface area contributed by atoms with Crippen molar-refractivity contribution in [3.8, 4) is 0 Å². The molecule has 1 aliphatic heterocycles. The van der Waals surface area contributed by atoms with E-state index < -0.39 is 11.4 Å². The summed E-state index contributed by atoms with van der Waals surface area (Å²) in [6.07, 6.45) is 0.923. The number of nitrogens with one attached hydrogen (secondary N) is 1. The molecule has 2 N–H and O–H groups in total. The van der Waals surface area contributed by atoms with Gasteiger partial charge < -0.3 is 15.2 Å². The highest BCUT2D eigenvalue weighted by atomic mass is 79.9. The third-order valence-electron chi connectivity index (χ3n) is 2.85. The minimum absolute atomic E-state index is 0.319. The molecule has 0 amide bonds. The summed E-state index contributed by atoms with van der Waals surface area (Å²) in [4.78, 5) is 12.3. The lowest BCUT2D eigenvalue weighted by atomic mass is 9.86. The van der Waals surface area contributed by atoms with Crippen LogP contribution in [0, 0.1) is 5.41 Å². The molecular weight excluding hydrogens is 306 g/mol. The van der Waals surface area contributed by atoms with E-state index in [4.69, 9.17) is 9.84 Å². The molecule has 0 aliphatic carbocycles. The first-order valence-corrected chi connectivity index (χ1v) is 6.99. The summed E-state index contributed by atoms with van der Waals surface area (Å²) >= 11 is 5.12. The van der Waals surface area contributed by atoms with Gasteiger partial charge in [0.25, 0.3) is 0 Å². The van der Waals surface area contributed by atoms with E-state index in [2.05, 4.69) is 27.3 Å². The highest BCUT2D eigenvalue weighted by Crippen LogP contribution is 2.27. The molecule has 2 rings (SSSR count). The molecule has 17 heavy (non-hydrogen) atoms. The maximum atomic E-state index is 11.0. The van der Waals surface area contributed by atoms with Gasteiger partial charge in [-0.15, -0.1) is 11.3 Å². The van der Waals surface area contributed by atoms with Crippen molar-refractivity contribution >= 4 is 33.2 Å². The van der Waals surface area contributed by atoms with Gasteiger partial charge in [0.15, 0.2) is 0 Å². The summed E-state index contributed by atoms with van der Waals surface area (Å²) in [5, 5.41) is 12.3. The van der Waals surface area contributed by atoms with Crippen molar-refractivity contribution in [3.63, 3.8) is 0 Å². The molecule has 0 spiro atoms. The summed E-state index contributed by atoms with van der Waals surface area (Å²) in [6.45, 7) is 1.91. The van der Waals surface area contributed by atoms with E-state index in [-0.39, 0.29) is 0 Å². The molecule has 0 unspecified atom stereocenters. The van der Waals surface area contributed by atoms with Gasteiger partial charge in [0, 0.05) is 11.4 Å². The van der Waals surface area contributed by atoms with Gasteiger partial charge in [-0.05, 0) is 41.0 Å². The van der Waals surface area contributed by atoms with Crippen molar-refractivity contribution in [1.29, 1.82) is 0 Å². The van der Waals surface area contributed by atoms with Gasteiger partial charge in [0.05, 0.1) is 17.0 Å². The van der Waals surface area contributed by atoms with Crippen LogP contribution in [-0.4, -0.2) is 37.4 Å². The Hall–Kier alpha value is -0.430. The number of hydrogen-bond donors (Lipinski definition) is 2. The molecule has 0 atom stereocenters. The quantitative estimate of drug-likeness (QED) is 0.784. The van der Waals surface area contributed by atoms with Gasteiger partial charge in [0.1, 0.15) is 5.41 Å². The fourth-order valence-corrected chi connectivity index (χ4v) is 3.16. The maximum absolute atomic E-state index is 11.0. The predicted octanol–water partition coefficient (Wildman–Crippen LogP) is 1.74. The lowest BCUT2D eigenvalue weighted by Gasteiger charge is -2.37. The van der Waals surface area contributed by atoms with Gasteiger partial charge in [-0.1, -0.05) is 0 Å². The average molecular weight is 320 g/mol. The summed E-state index contributed by atoms with van der Waals surface area (Å²) in [7, 11) is 0. The first kappa shape index (κ1) is 13.0. The predicted molar refractivity (Wildman–Crippen MR) is 69.5 cm³/mol. The number of carboxylic acid groups (broad SMARTS) is 1. The maximum Gasteiger partial charge on any atom is 0.315 e. The largest absolute Gasteiger partial charge is 0.481 e. The topological polar surface area (TPSA) is 58.6 Å². The lowest BCUT2D eigenvalue weighted by Crippen LogP contribution is -2.55. The Morgan fingerprint density at radius 1 is 1.59 bits per heavy atom. The van der Waals surface area contributed by atoms with Crippen molar-refractivity contribution in [1.82, 2.24) is 5.32 Å². The SMILES string of the molecule is O=C(O)C1(CNCCc2ccc(Br)s2)COC1. The van der Waals surface area contributed by atoms with Gasteiger partial charge in [0.2, 0.25) is 0 Å². The van der Waals surface area contributed by atoms with E-state index in [1.54, 1.807) is 11.3 Å². The molecule has 2 heterocycles. The smallest absolute Gasteiger partial charge is 0.315 e. The van der Waals surface area contributed by atoms with Crippen LogP contribution in [0.15, 0.2) is 15.9 Å². The fraction of sp³-hybridized carbons (Fsp3) is 0.545. The number of ether oxygens (including phenoxy) is 1. The Bertz CT molecular complexity index is 403. The number of carboxylic acids is 1. The molecule has 1 fully saturated rings. The van der Waals surface area contributed by atoms with Crippen LogP contribution in [0.4, 0.5) is 0 Å². The fourth-order valence-electron chi connectivity index (χ4n) is 1.67. The van der Waals surface area contributed by atoms with Crippen LogP contribution in [0.2, 0.25) is 0 Å². The molecule has 6 heteroatoms. The number of hydrogen-bond acceptors (Lipinski definition) is 4. The second-order valence-corrected chi connectivity index (χ2v) is 6.76. The highest BCUT2D eigenvalue weighted by molar-refractivity contribution is 9.11. The van der Waals surface area contributed by atoms with Crippen molar-refractivity contribution in [2.75, 3.05) is 26.3 Å². The first-order valence-electron chi connectivity index (χ1n) is 5.38. The summed E-state index contributed by atoms with van der Waals surface area (Å²) in [5.74, 6) is -0.768. The lowest BCUT2D eigenvalue weighted by molar-refractivity contribution is -0.178. The Labute approximate surface area is 112 Å². The van der Waals surface area contributed by atoms with Crippen LogP contribution < -0.4 is 5.32 Å². The van der Waals surface area contributed by atoms with Gasteiger partial charge >= 0.3 is 5.97 Å². The summed E-state index contributed by atoms with van der Waals surface area (Å²) < 4.78 is 6.12.